The van der Waals surface area contributed by atoms with Crippen LogP contribution in [0.5, 0.6) is 0 Å². The van der Waals surface area contributed by atoms with Gasteiger partial charge in [0.1, 0.15) is 0 Å². The van der Waals surface area contributed by atoms with E-state index in [4.69, 9.17) is 0 Å². The molecule has 1 fully saturated rings. The van der Waals surface area contributed by atoms with Gasteiger partial charge in [0.25, 0.3) is 0 Å². The van der Waals surface area contributed by atoms with E-state index in [0.29, 0.717) is 5.92 Å². The van der Waals surface area contributed by atoms with Crippen LogP contribution in [-0.2, 0) is 0 Å². The fourth-order valence-corrected chi connectivity index (χ4v) is 3.73. The van der Waals surface area contributed by atoms with Crippen molar-refractivity contribution in [3.05, 3.63) is 24.3 Å². The van der Waals surface area contributed by atoms with Gasteiger partial charge in [0.15, 0.2) is 0 Å². The summed E-state index contributed by atoms with van der Waals surface area (Å²) in [6.07, 6.45) is 16.4. The van der Waals surface area contributed by atoms with Crippen LogP contribution in [0.15, 0.2) is 24.3 Å². The second-order valence-corrected chi connectivity index (χ2v) is 6.26. The lowest BCUT2D eigenvalue weighted by molar-refractivity contribution is 0.0685. The van der Waals surface area contributed by atoms with Gasteiger partial charge >= 0.3 is 0 Å². The number of hydrogen-bond acceptors (Lipinski definition) is 2. The molecule has 4 atom stereocenters. The van der Waals surface area contributed by atoms with E-state index in [0.717, 1.165) is 25.7 Å². The molecule has 0 aromatic heterocycles. The first-order chi connectivity index (χ1) is 9.19. The summed E-state index contributed by atoms with van der Waals surface area (Å²) in [5.41, 5.74) is -0.181. The first kappa shape index (κ1) is 14.8. The molecule has 2 aliphatic rings. The number of hydrogen-bond donors (Lipinski definition) is 2. The lowest BCUT2D eigenvalue weighted by Gasteiger charge is -2.31. The Kier molecular flexibility index (Phi) is 5.23. The second-order valence-electron chi connectivity index (χ2n) is 6.26. The van der Waals surface area contributed by atoms with Crippen molar-refractivity contribution in [2.75, 3.05) is 0 Å². The maximum atomic E-state index is 10.5. The van der Waals surface area contributed by atoms with Crippen LogP contribution in [0.3, 0.4) is 0 Å². The standard InChI is InChI=1S/C17H28O2/c1-2-3-4-5-6-7-10-16(19)17-11-8-9-14(17)12-15(18)13-17/h7-8,10-11,14-16,18-19H,2-6,9,12-13H2,1H3/b10-7+/t14?,15?,16-,17?/m0/s1. The van der Waals surface area contributed by atoms with Gasteiger partial charge in [0, 0.05) is 5.41 Å². The maximum Gasteiger partial charge on any atom is 0.0815 e. The van der Waals surface area contributed by atoms with Gasteiger partial charge in [-0.2, -0.15) is 0 Å². The van der Waals surface area contributed by atoms with Gasteiger partial charge < -0.3 is 10.2 Å². The monoisotopic (exact) mass is 264 g/mol. The highest BCUT2D eigenvalue weighted by Gasteiger charge is 2.50. The predicted octanol–water partition coefficient (Wildman–Crippen LogP) is 3.59. The topological polar surface area (TPSA) is 40.5 Å². The third-order valence-electron chi connectivity index (χ3n) is 4.85. The van der Waals surface area contributed by atoms with Gasteiger partial charge in [0.05, 0.1) is 12.2 Å². The van der Waals surface area contributed by atoms with Crippen molar-refractivity contribution in [2.24, 2.45) is 11.3 Å². The van der Waals surface area contributed by atoms with Crippen LogP contribution in [0.4, 0.5) is 0 Å². The Bertz CT molecular complexity index is 334. The molecule has 0 heterocycles. The summed E-state index contributed by atoms with van der Waals surface area (Å²) in [5, 5.41) is 20.3. The molecular weight excluding hydrogens is 236 g/mol. The fraction of sp³-hybridized carbons (Fsp3) is 0.765. The highest BCUT2D eigenvalue weighted by Crippen LogP contribution is 2.52. The quantitative estimate of drug-likeness (QED) is 0.545. The fourth-order valence-electron chi connectivity index (χ4n) is 3.73. The Hall–Kier alpha value is -0.600. The number of aliphatic hydroxyl groups is 2. The molecule has 108 valence electrons. The van der Waals surface area contributed by atoms with E-state index in [1.54, 1.807) is 0 Å². The molecular formula is C17H28O2. The lowest BCUT2D eigenvalue weighted by Crippen LogP contribution is -2.33. The molecule has 0 saturated heterocycles. The molecule has 2 N–H and O–H groups in total. The van der Waals surface area contributed by atoms with Gasteiger partial charge in [-0.25, -0.2) is 0 Å². The van der Waals surface area contributed by atoms with Gasteiger partial charge in [-0.3, -0.25) is 0 Å². The Balaban J connectivity index is 1.83. The van der Waals surface area contributed by atoms with E-state index >= 15 is 0 Å². The molecule has 2 nitrogen and oxygen atoms in total. The van der Waals surface area contributed by atoms with E-state index < -0.39 is 6.10 Å². The molecule has 0 aromatic carbocycles. The van der Waals surface area contributed by atoms with Crippen LogP contribution in [0.25, 0.3) is 0 Å². The molecule has 3 unspecified atom stereocenters. The van der Waals surface area contributed by atoms with E-state index in [9.17, 15) is 10.2 Å². The summed E-state index contributed by atoms with van der Waals surface area (Å²) in [4.78, 5) is 0. The second kappa shape index (κ2) is 6.71. The first-order valence-corrected chi connectivity index (χ1v) is 7.89. The summed E-state index contributed by atoms with van der Waals surface area (Å²) in [7, 11) is 0. The molecule has 0 aromatic rings. The molecule has 0 bridgehead atoms. The number of rotatable bonds is 7. The number of fused-ring (bicyclic) bond motifs is 1. The molecule has 0 aliphatic heterocycles. The number of aliphatic hydroxyl groups excluding tert-OH is 2. The third kappa shape index (κ3) is 3.29. The van der Waals surface area contributed by atoms with Crippen molar-refractivity contribution in [2.45, 2.75) is 70.5 Å². The Morgan fingerprint density at radius 2 is 2.21 bits per heavy atom. The van der Waals surface area contributed by atoms with Crippen LogP contribution in [0, 0.1) is 11.3 Å². The minimum absolute atomic E-state index is 0.181. The van der Waals surface area contributed by atoms with Crippen LogP contribution >= 0.6 is 0 Å². The number of allylic oxidation sites excluding steroid dienone is 2. The van der Waals surface area contributed by atoms with Crippen LogP contribution in [0.1, 0.15) is 58.3 Å². The number of unbranched alkanes of at least 4 members (excludes halogenated alkanes) is 4. The van der Waals surface area contributed by atoms with Crippen LogP contribution in [-0.4, -0.2) is 22.4 Å². The summed E-state index contributed by atoms with van der Waals surface area (Å²) >= 11 is 0. The third-order valence-corrected chi connectivity index (χ3v) is 4.85. The SMILES string of the molecule is CCCCCC/C=C/[C@H](O)C12C=CCC1CC(O)C2. The van der Waals surface area contributed by atoms with E-state index in [1.165, 1.54) is 25.7 Å². The minimum atomic E-state index is -0.431. The highest BCUT2D eigenvalue weighted by molar-refractivity contribution is 5.21. The molecule has 19 heavy (non-hydrogen) atoms. The zero-order valence-electron chi connectivity index (χ0n) is 12.1. The van der Waals surface area contributed by atoms with Crippen molar-refractivity contribution < 1.29 is 10.2 Å². The summed E-state index contributed by atoms with van der Waals surface area (Å²) in [5.74, 6) is 0.433. The average molecular weight is 264 g/mol. The summed E-state index contributed by atoms with van der Waals surface area (Å²) < 4.78 is 0. The molecule has 0 amide bonds. The smallest absolute Gasteiger partial charge is 0.0815 e. The van der Waals surface area contributed by atoms with Crippen molar-refractivity contribution in [3.63, 3.8) is 0 Å². The minimum Gasteiger partial charge on any atom is -0.393 e. The summed E-state index contributed by atoms with van der Waals surface area (Å²) in [6.45, 7) is 2.22. The zero-order chi connectivity index (χ0) is 13.7. The van der Waals surface area contributed by atoms with Gasteiger partial charge in [-0.05, 0) is 38.0 Å². The van der Waals surface area contributed by atoms with Crippen molar-refractivity contribution in [1.82, 2.24) is 0 Å². The first-order valence-electron chi connectivity index (χ1n) is 7.89. The van der Waals surface area contributed by atoms with Crippen molar-refractivity contribution in [3.8, 4) is 0 Å². The Morgan fingerprint density at radius 3 is 3.00 bits per heavy atom. The molecule has 2 aliphatic carbocycles. The van der Waals surface area contributed by atoms with E-state index in [2.05, 4.69) is 25.2 Å². The molecule has 2 rings (SSSR count). The predicted molar refractivity (Wildman–Crippen MR) is 78.8 cm³/mol. The van der Waals surface area contributed by atoms with E-state index in [1.807, 2.05) is 6.08 Å². The van der Waals surface area contributed by atoms with Crippen LogP contribution in [0.2, 0.25) is 0 Å². The zero-order valence-corrected chi connectivity index (χ0v) is 12.1. The molecule has 1 saturated carbocycles. The van der Waals surface area contributed by atoms with Crippen LogP contribution < -0.4 is 0 Å². The molecule has 0 radical (unpaired) electrons. The van der Waals surface area contributed by atoms with Crippen molar-refractivity contribution >= 4 is 0 Å². The highest BCUT2D eigenvalue weighted by atomic mass is 16.3. The summed E-state index contributed by atoms with van der Waals surface area (Å²) in [6, 6.07) is 0. The Morgan fingerprint density at radius 1 is 1.37 bits per heavy atom. The normalized spacial score (nSPS) is 35.1. The molecule has 2 heteroatoms. The average Bonchev–Trinajstić information content (AvgIpc) is 2.90. The van der Waals surface area contributed by atoms with Gasteiger partial charge in [-0.15, -0.1) is 0 Å². The maximum absolute atomic E-state index is 10.5. The largest absolute Gasteiger partial charge is 0.393 e. The van der Waals surface area contributed by atoms with Crippen molar-refractivity contribution in [1.29, 1.82) is 0 Å². The van der Waals surface area contributed by atoms with E-state index in [-0.39, 0.29) is 11.5 Å². The lowest BCUT2D eigenvalue weighted by atomic mass is 9.75. The van der Waals surface area contributed by atoms with Gasteiger partial charge in [0.2, 0.25) is 0 Å². The molecule has 0 spiro atoms. The Labute approximate surface area is 117 Å². The van der Waals surface area contributed by atoms with Gasteiger partial charge in [-0.1, -0.05) is 50.5 Å².